The normalized spacial score (nSPS) is 16.0. The Morgan fingerprint density at radius 2 is 1.83 bits per heavy atom. The van der Waals surface area contributed by atoms with Crippen molar-refractivity contribution in [2.75, 3.05) is 31.2 Å². The van der Waals surface area contributed by atoms with Gasteiger partial charge in [0.25, 0.3) is 0 Å². The van der Waals surface area contributed by atoms with Crippen LogP contribution in [-0.2, 0) is 14.6 Å². The summed E-state index contributed by atoms with van der Waals surface area (Å²) in [5, 5.41) is 9.27. The number of furan rings is 1. The van der Waals surface area contributed by atoms with E-state index in [9.17, 15) is 13.7 Å². The SMILES string of the molecule is N#C/C(=C/c1ccc(N2CCOCC2)o1)S(=O)(=O)c1ccccc1. The molecule has 1 aliphatic rings. The maximum Gasteiger partial charge on any atom is 0.216 e. The fraction of sp³-hybridized carbons (Fsp3) is 0.235. The highest BCUT2D eigenvalue weighted by Crippen LogP contribution is 2.25. The number of rotatable bonds is 4. The lowest BCUT2D eigenvalue weighted by Crippen LogP contribution is -2.35. The summed E-state index contributed by atoms with van der Waals surface area (Å²) in [5.41, 5.74) is 0. The van der Waals surface area contributed by atoms with E-state index in [0.717, 1.165) is 0 Å². The molecular formula is C17H16N2O4S. The number of morpholine rings is 1. The fourth-order valence-electron chi connectivity index (χ4n) is 2.40. The maximum atomic E-state index is 12.5. The Hall–Kier alpha value is -2.56. The van der Waals surface area contributed by atoms with Gasteiger partial charge in [0.1, 0.15) is 11.8 Å². The van der Waals surface area contributed by atoms with Gasteiger partial charge < -0.3 is 14.1 Å². The Morgan fingerprint density at radius 1 is 1.12 bits per heavy atom. The van der Waals surface area contributed by atoms with Crippen molar-refractivity contribution in [3.8, 4) is 6.07 Å². The Labute approximate surface area is 140 Å². The third-order valence-corrected chi connectivity index (χ3v) is 5.34. The summed E-state index contributed by atoms with van der Waals surface area (Å²) < 4.78 is 36.0. The van der Waals surface area contributed by atoms with Gasteiger partial charge in [-0.05, 0) is 18.2 Å². The molecule has 7 heteroatoms. The van der Waals surface area contributed by atoms with Crippen LogP contribution in [0.3, 0.4) is 0 Å². The number of nitriles is 1. The molecule has 0 amide bonds. The Bertz CT molecular complexity index is 873. The van der Waals surface area contributed by atoms with Crippen LogP contribution in [0.4, 0.5) is 5.88 Å². The second-order valence-corrected chi connectivity index (χ2v) is 7.13. The summed E-state index contributed by atoms with van der Waals surface area (Å²) in [4.78, 5) is 1.74. The average molecular weight is 344 g/mol. The monoisotopic (exact) mass is 344 g/mol. The summed E-state index contributed by atoms with van der Waals surface area (Å²) in [5.74, 6) is 0.964. The van der Waals surface area contributed by atoms with E-state index in [1.54, 1.807) is 36.4 Å². The molecule has 3 rings (SSSR count). The zero-order chi connectivity index (χ0) is 17.0. The van der Waals surface area contributed by atoms with Crippen LogP contribution in [-0.4, -0.2) is 34.7 Å². The predicted octanol–water partition coefficient (Wildman–Crippen LogP) is 2.45. The van der Waals surface area contributed by atoms with Crippen molar-refractivity contribution in [1.29, 1.82) is 5.26 Å². The minimum Gasteiger partial charge on any atom is -0.441 e. The first-order valence-corrected chi connectivity index (χ1v) is 8.94. The molecule has 0 spiro atoms. The topological polar surface area (TPSA) is 83.5 Å². The summed E-state index contributed by atoms with van der Waals surface area (Å²) in [7, 11) is -3.86. The molecule has 1 aliphatic heterocycles. The molecule has 6 nitrogen and oxygen atoms in total. The van der Waals surface area contributed by atoms with Crippen LogP contribution in [0.5, 0.6) is 0 Å². The van der Waals surface area contributed by atoms with Gasteiger partial charge in [0.05, 0.1) is 18.1 Å². The highest BCUT2D eigenvalue weighted by Gasteiger charge is 2.21. The quantitative estimate of drug-likeness (QED) is 0.792. The molecule has 0 bridgehead atoms. The van der Waals surface area contributed by atoms with Crippen LogP contribution in [0.2, 0.25) is 0 Å². The van der Waals surface area contributed by atoms with E-state index in [2.05, 4.69) is 0 Å². The molecule has 0 aliphatic carbocycles. The van der Waals surface area contributed by atoms with Crippen molar-refractivity contribution in [2.24, 2.45) is 0 Å². The lowest BCUT2D eigenvalue weighted by atomic mass is 10.4. The molecule has 2 heterocycles. The van der Waals surface area contributed by atoms with Crippen molar-refractivity contribution in [3.05, 3.63) is 53.1 Å². The highest BCUT2D eigenvalue weighted by atomic mass is 32.2. The standard InChI is InChI=1S/C17H16N2O4S/c18-13-16(24(20,21)15-4-2-1-3-5-15)12-14-6-7-17(23-14)19-8-10-22-11-9-19/h1-7,12H,8-11H2/b16-12-. The van der Waals surface area contributed by atoms with Gasteiger partial charge in [0.15, 0.2) is 10.8 Å². The maximum absolute atomic E-state index is 12.5. The lowest BCUT2D eigenvalue weighted by Gasteiger charge is -2.26. The minimum absolute atomic E-state index is 0.0813. The summed E-state index contributed by atoms with van der Waals surface area (Å²) in [6, 6.07) is 13.0. The van der Waals surface area contributed by atoms with Crippen LogP contribution in [0, 0.1) is 11.3 Å². The number of anilines is 1. The molecule has 1 aromatic heterocycles. The van der Waals surface area contributed by atoms with Gasteiger partial charge >= 0.3 is 0 Å². The first-order chi connectivity index (χ1) is 11.6. The molecule has 2 aromatic rings. The predicted molar refractivity (Wildman–Crippen MR) is 89.0 cm³/mol. The number of hydrogen-bond acceptors (Lipinski definition) is 6. The lowest BCUT2D eigenvalue weighted by molar-refractivity contribution is 0.120. The molecule has 1 aromatic carbocycles. The zero-order valence-corrected chi connectivity index (χ0v) is 13.7. The Morgan fingerprint density at radius 3 is 2.50 bits per heavy atom. The van der Waals surface area contributed by atoms with Crippen LogP contribution in [0.25, 0.3) is 6.08 Å². The van der Waals surface area contributed by atoms with Crippen LogP contribution in [0.1, 0.15) is 5.76 Å². The molecule has 0 atom stereocenters. The number of nitrogens with zero attached hydrogens (tertiary/aromatic N) is 2. The van der Waals surface area contributed by atoms with Gasteiger partial charge in [-0.25, -0.2) is 8.42 Å². The third kappa shape index (κ3) is 3.35. The molecule has 124 valence electrons. The highest BCUT2D eigenvalue weighted by molar-refractivity contribution is 7.95. The van der Waals surface area contributed by atoms with E-state index in [0.29, 0.717) is 37.9 Å². The molecule has 1 fully saturated rings. The van der Waals surface area contributed by atoms with E-state index in [1.165, 1.54) is 18.2 Å². The molecule has 24 heavy (non-hydrogen) atoms. The molecular weight excluding hydrogens is 328 g/mol. The first kappa shape index (κ1) is 16.3. The fourth-order valence-corrected chi connectivity index (χ4v) is 3.56. The number of allylic oxidation sites excluding steroid dienone is 1. The van der Waals surface area contributed by atoms with Gasteiger partial charge in [-0.2, -0.15) is 5.26 Å². The first-order valence-electron chi connectivity index (χ1n) is 7.46. The number of hydrogen-bond donors (Lipinski definition) is 0. The van der Waals surface area contributed by atoms with Crippen molar-refractivity contribution in [1.82, 2.24) is 0 Å². The van der Waals surface area contributed by atoms with Gasteiger partial charge in [-0.15, -0.1) is 0 Å². The van der Waals surface area contributed by atoms with Crippen molar-refractivity contribution in [2.45, 2.75) is 4.90 Å². The largest absolute Gasteiger partial charge is 0.441 e. The second kappa shape index (κ2) is 6.91. The van der Waals surface area contributed by atoms with Crippen LogP contribution < -0.4 is 4.90 Å². The van der Waals surface area contributed by atoms with E-state index < -0.39 is 9.84 Å². The van der Waals surface area contributed by atoms with Crippen LogP contribution >= 0.6 is 0 Å². The van der Waals surface area contributed by atoms with Crippen molar-refractivity contribution >= 4 is 21.8 Å². The van der Waals surface area contributed by atoms with Gasteiger partial charge in [0.2, 0.25) is 9.84 Å². The smallest absolute Gasteiger partial charge is 0.216 e. The summed E-state index contributed by atoms with van der Waals surface area (Å²) >= 11 is 0. The van der Waals surface area contributed by atoms with E-state index in [1.807, 2.05) is 4.90 Å². The molecule has 0 N–H and O–H groups in total. The van der Waals surface area contributed by atoms with Crippen LogP contribution in [0.15, 0.2) is 56.7 Å². The van der Waals surface area contributed by atoms with Crippen molar-refractivity contribution < 1.29 is 17.6 Å². The summed E-state index contributed by atoms with van der Waals surface area (Å²) in [6.45, 7) is 2.67. The van der Waals surface area contributed by atoms with E-state index in [-0.39, 0.29) is 9.80 Å². The molecule has 0 unspecified atom stereocenters. The van der Waals surface area contributed by atoms with E-state index >= 15 is 0 Å². The Kier molecular flexibility index (Phi) is 4.69. The molecule has 1 saturated heterocycles. The Balaban J connectivity index is 1.89. The number of ether oxygens (including phenoxy) is 1. The number of sulfone groups is 1. The minimum atomic E-state index is -3.86. The van der Waals surface area contributed by atoms with Gasteiger partial charge in [0, 0.05) is 25.2 Å². The second-order valence-electron chi connectivity index (χ2n) is 5.21. The number of benzene rings is 1. The van der Waals surface area contributed by atoms with E-state index in [4.69, 9.17) is 9.15 Å². The average Bonchev–Trinajstić information content (AvgIpc) is 3.10. The molecule has 0 radical (unpaired) electrons. The van der Waals surface area contributed by atoms with Gasteiger partial charge in [-0.3, -0.25) is 0 Å². The van der Waals surface area contributed by atoms with Crippen molar-refractivity contribution in [3.63, 3.8) is 0 Å². The van der Waals surface area contributed by atoms with Gasteiger partial charge in [-0.1, -0.05) is 18.2 Å². The summed E-state index contributed by atoms with van der Waals surface area (Å²) in [6.07, 6.45) is 1.26. The molecule has 0 saturated carbocycles. The zero-order valence-electron chi connectivity index (χ0n) is 12.9. The third-order valence-electron chi connectivity index (χ3n) is 3.66.